The van der Waals surface area contributed by atoms with Gasteiger partial charge in [0.1, 0.15) is 0 Å². The highest BCUT2D eigenvalue weighted by Crippen LogP contribution is 2.32. The van der Waals surface area contributed by atoms with Gasteiger partial charge in [-0.05, 0) is 38.5 Å². The van der Waals surface area contributed by atoms with Gasteiger partial charge in [-0.3, -0.25) is 0 Å². The Morgan fingerprint density at radius 2 is 1.18 bits per heavy atom. The summed E-state index contributed by atoms with van der Waals surface area (Å²) < 4.78 is 0. The minimum absolute atomic E-state index is 0. The van der Waals surface area contributed by atoms with Crippen LogP contribution in [0.25, 0.3) is 0 Å². The van der Waals surface area contributed by atoms with E-state index >= 15 is 0 Å². The topological polar surface area (TPSA) is 0 Å². The van der Waals surface area contributed by atoms with Gasteiger partial charge >= 0.3 is 0 Å². The summed E-state index contributed by atoms with van der Waals surface area (Å²) in [6.45, 7) is 9.27. The smallest absolute Gasteiger partial charge is 0.0292 e. The number of hydrogen-bond donors (Lipinski definition) is 0. The number of hydrogen-bond acceptors (Lipinski definition) is 0. The van der Waals surface area contributed by atoms with E-state index in [1.807, 2.05) is 0 Å². The normalized spacial score (nSPS) is 31.6. The van der Waals surface area contributed by atoms with Gasteiger partial charge in [-0.15, -0.1) is 0 Å². The predicted molar refractivity (Wildman–Crippen MR) is 52.7 cm³/mol. The molecule has 0 aliphatic heterocycles. The molecule has 0 nitrogen and oxygen atoms in total. The Labute approximate surface area is 71.7 Å². The molecule has 0 saturated carbocycles. The second-order valence-electron chi connectivity index (χ2n) is 3.92. The molecular weight excluding hydrogens is 132 g/mol. The third-order valence-electron chi connectivity index (χ3n) is 2.96. The van der Waals surface area contributed by atoms with Crippen LogP contribution < -0.4 is 0 Å². The van der Waals surface area contributed by atoms with Gasteiger partial charge in [0.15, 0.2) is 0 Å². The molecule has 0 heterocycles. The summed E-state index contributed by atoms with van der Waals surface area (Å²) in [5, 5.41) is 0. The lowest BCUT2D eigenvalue weighted by Gasteiger charge is -2.27. The van der Waals surface area contributed by atoms with Crippen LogP contribution >= 0.6 is 0 Å². The first kappa shape index (κ1) is 10.7. The quantitative estimate of drug-likeness (QED) is 0.462. The van der Waals surface area contributed by atoms with E-state index in [9.17, 15) is 0 Å². The molecule has 0 aromatic rings. The third-order valence-corrected chi connectivity index (χ3v) is 2.96. The molecule has 66 valence electrons. The van der Waals surface area contributed by atoms with Crippen LogP contribution in [0.3, 0.4) is 0 Å². The molecule has 0 bridgehead atoms. The molecule has 1 rings (SSSR count). The van der Waals surface area contributed by atoms with Gasteiger partial charge in [0.25, 0.3) is 0 Å². The maximum Gasteiger partial charge on any atom is -0.0292 e. The maximum absolute atomic E-state index is 2.36. The van der Waals surface area contributed by atoms with Crippen molar-refractivity contribution in [2.75, 3.05) is 0 Å². The zero-order valence-corrected chi connectivity index (χ0v) is 7.57. The summed E-state index contributed by atoms with van der Waals surface area (Å²) >= 11 is 0. The molecular formula is C11H22. The average molecular weight is 154 g/mol. The maximum atomic E-state index is 2.36. The van der Waals surface area contributed by atoms with Crippen LogP contribution in [0.15, 0.2) is 11.1 Å². The van der Waals surface area contributed by atoms with Crippen LogP contribution in [0.2, 0.25) is 0 Å². The van der Waals surface area contributed by atoms with Gasteiger partial charge in [-0.2, -0.15) is 0 Å². The third kappa shape index (κ3) is 2.36. The molecule has 0 heteroatoms. The molecule has 11 heavy (non-hydrogen) atoms. The van der Waals surface area contributed by atoms with E-state index in [1.165, 1.54) is 12.8 Å². The second kappa shape index (κ2) is 3.94. The van der Waals surface area contributed by atoms with Crippen molar-refractivity contribution in [3.05, 3.63) is 11.1 Å². The van der Waals surface area contributed by atoms with Gasteiger partial charge in [0, 0.05) is 0 Å². The van der Waals surface area contributed by atoms with Gasteiger partial charge < -0.3 is 0 Å². The van der Waals surface area contributed by atoms with E-state index in [2.05, 4.69) is 27.7 Å². The van der Waals surface area contributed by atoms with Gasteiger partial charge in [0.2, 0.25) is 0 Å². The molecule has 0 N–H and O–H groups in total. The monoisotopic (exact) mass is 154 g/mol. The molecule has 0 aromatic carbocycles. The first-order valence-electron chi connectivity index (χ1n) is 4.26. The lowest BCUT2D eigenvalue weighted by molar-refractivity contribution is 0.359. The summed E-state index contributed by atoms with van der Waals surface area (Å²) in [6, 6.07) is 0. The summed E-state index contributed by atoms with van der Waals surface area (Å²) in [6.07, 6.45) is 2.65. The van der Waals surface area contributed by atoms with Crippen molar-refractivity contribution in [1.29, 1.82) is 0 Å². The van der Waals surface area contributed by atoms with Crippen molar-refractivity contribution in [2.24, 2.45) is 11.8 Å². The van der Waals surface area contributed by atoms with Crippen molar-refractivity contribution in [3.63, 3.8) is 0 Å². The van der Waals surface area contributed by atoms with E-state index in [-0.39, 0.29) is 7.43 Å². The van der Waals surface area contributed by atoms with Crippen molar-refractivity contribution < 1.29 is 0 Å². The van der Waals surface area contributed by atoms with E-state index < -0.39 is 0 Å². The van der Waals surface area contributed by atoms with Gasteiger partial charge in [-0.25, -0.2) is 0 Å². The Bertz CT molecular complexity index is 135. The van der Waals surface area contributed by atoms with Crippen molar-refractivity contribution in [1.82, 2.24) is 0 Å². The second-order valence-corrected chi connectivity index (χ2v) is 3.92. The minimum Gasteiger partial charge on any atom is -0.0776 e. The largest absolute Gasteiger partial charge is 0.0776 e. The minimum atomic E-state index is 0. The Kier molecular flexibility index (Phi) is 3.85. The molecule has 0 aromatic heterocycles. The van der Waals surface area contributed by atoms with E-state index in [4.69, 9.17) is 0 Å². The lowest BCUT2D eigenvalue weighted by Crippen LogP contribution is -2.14. The Morgan fingerprint density at radius 3 is 1.45 bits per heavy atom. The standard InChI is InChI=1S/C10H18.CH4/c1-7-5-9(3)10(4)6-8(7)2;/h7-8H,5-6H2,1-4H3;1H4. The Balaban J connectivity index is 0.000001000. The highest BCUT2D eigenvalue weighted by molar-refractivity contribution is 5.14. The van der Waals surface area contributed by atoms with Crippen molar-refractivity contribution >= 4 is 0 Å². The predicted octanol–water partition coefficient (Wildman–Crippen LogP) is 4.02. The summed E-state index contributed by atoms with van der Waals surface area (Å²) in [5.41, 5.74) is 3.26. The lowest BCUT2D eigenvalue weighted by atomic mass is 9.79. The average Bonchev–Trinajstić information content (AvgIpc) is 1.84. The zero-order valence-electron chi connectivity index (χ0n) is 7.57. The fraction of sp³-hybridized carbons (Fsp3) is 0.818. The van der Waals surface area contributed by atoms with Crippen LogP contribution in [0.4, 0.5) is 0 Å². The summed E-state index contributed by atoms with van der Waals surface area (Å²) in [5.74, 6) is 1.81. The van der Waals surface area contributed by atoms with E-state index in [1.54, 1.807) is 11.1 Å². The molecule has 2 unspecified atom stereocenters. The van der Waals surface area contributed by atoms with Crippen molar-refractivity contribution in [2.45, 2.75) is 48.0 Å². The first-order chi connectivity index (χ1) is 4.61. The molecule has 1 aliphatic carbocycles. The Hall–Kier alpha value is -0.260. The molecule has 0 radical (unpaired) electrons. The van der Waals surface area contributed by atoms with Crippen LogP contribution in [0, 0.1) is 11.8 Å². The SMILES string of the molecule is C.CC1=C(C)CC(C)C(C)C1. The van der Waals surface area contributed by atoms with Crippen LogP contribution in [0.5, 0.6) is 0 Å². The van der Waals surface area contributed by atoms with Crippen LogP contribution in [-0.4, -0.2) is 0 Å². The molecule has 1 aliphatic rings. The van der Waals surface area contributed by atoms with Crippen LogP contribution in [-0.2, 0) is 0 Å². The molecule has 0 amide bonds. The fourth-order valence-corrected chi connectivity index (χ4v) is 1.72. The van der Waals surface area contributed by atoms with Gasteiger partial charge in [-0.1, -0.05) is 32.4 Å². The molecule has 2 atom stereocenters. The molecule has 0 spiro atoms. The highest BCUT2D eigenvalue weighted by atomic mass is 14.2. The Morgan fingerprint density at radius 1 is 0.909 bits per heavy atom. The van der Waals surface area contributed by atoms with Gasteiger partial charge in [0.05, 0.1) is 0 Å². The van der Waals surface area contributed by atoms with E-state index in [0.717, 1.165) is 11.8 Å². The zero-order chi connectivity index (χ0) is 7.72. The molecule has 0 fully saturated rings. The molecule has 0 saturated heterocycles. The fourth-order valence-electron chi connectivity index (χ4n) is 1.72. The summed E-state index contributed by atoms with van der Waals surface area (Å²) in [7, 11) is 0. The van der Waals surface area contributed by atoms with Crippen LogP contribution in [0.1, 0.15) is 48.0 Å². The summed E-state index contributed by atoms with van der Waals surface area (Å²) in [4.78, 5) is 0. The highest BCUT2D eigenvalue weighted by Gasteiger charge is 2.19. The first-order valence-corrected chi connectivity index (χ1v) is 4.26. The number of rotatable bonds is 0. The van der Waals surface area contributed by atoms with Crippen molar-refractivity contribution in [3.8, 4) is 0 Å². The number of allylic oxidation sites excluding steroid dienone is 2. The van der Waals surface area contributed by atoms with E-state index in [0.29, 0.717) is 0 Å².